The SMILES string of the molecule is CC/C=C\C/C=C\C/C=C\C/C=C\C/C=C\C/C=C\C/C=C\C/C=C\C/C=C\C/C=C\CCCCCCCCCCC(=O)NC(COC1OC(CO)C(OC2OC(CO)C(O)C(O)C2O)C(O)C1O)C(O)/C=C/CC/C=C/CCCCCCCCCCCCCC. The van der Waals surface area contributed by atoms with Crippen molar-refractivity contribution >= 4 is 5.91 Å². The molecule has 9 N–H and O–H groups in total. The molecule has 0 aromatic rings. The molecule has 0 radical (unpaired) electrons. The molecule has 2 rings (SSSR count). The summed E-state index contributed by atoms with van der Waals surface area (Å²) in [5, 5.41) is 87.3. The maximum atomic E-state index is 13.3. The number of unbranched alkanes of at least 4 members (excludes halogenated alkanes) is 21. The number of aliphatic hydroxyl groups excluding tert-OH is 8. The van der Waals surface area contributed by atoms with E-state index in [0.717, 1.165) is 109 Å². The van der Waals surface area contributed by atoms with Crippen LogP contribution in [0.1, 0.15) is 239 Å². The summed E-state index contributed by atoms with van der Waals surface area (Å²) in [4.78, 5) is 13.3. The van der Waals surface area contributed by atoms with Crippen LogP contribution in [0, 0.1) is 0 Å². The Labute approximate surface area is 551 Å². The van der Waals surface area contributed by atoms with Gasteiger partial charge in [-0.1, -0.05) is 269 Å². The van der Waals surface area contributed by atoms with Crippen LogP contribution in [0.2, 0.25) is 0 Å². The first-order valence-corrected chi connectivity index (χ1v) is 35.6. The Morgan fingerprint density at radius 1 is 0.407 bits per heavy atom. The molecule has 2 aliphatic heterocycles. The smallest absolute Gasteiger partial charge is 0.220 e. The van der Waals surface area contributed by atoms with Crippen molar-refractivity contribution in [1.29, 1.82) is 0 Å². The Bertz CT molecular complexity index is 2090. The van der Waals surface area contributed by atoms with Gasteiger partial charge in [-0.25, -0.2) is 0 Å². The molecule has 1 amide bonds. The topological polar surface area (TPSA) is 228 Å². The van der Waals surface area contributed by atoms with Gasteiger partial charge in [0.05, 0.1) is 32.0 Å². The quantitative estimate of drug-likeness (QED) is 0.0204. The second kappa shape index (κ2) is 59.6. The summed E-state index contributed by atoms with van der Waals surface area (Å²) in [6.45, 7) is 2.66. The van der Waals surface area contributed by atoms with Crippen molar-refractivity contribution in [1.82, 2.24) is 5.32 Å². The minimum Gasteiger partial charge on any atom is -0.394 e. The van der Waals surface area contributed by atoms with Crippen LogP contribution in [-0.2, 0) is 23.7 Å². The molecule has 0 saturated carbocycles. The monoisotopic (exact) mass is 1270 g/mol. The van der Waals surface area contributed by atoms with Crippen molar-refractivity contribution in [3.63, 3.8) is 0 Å². The van der Waals surface area contributed by atoms with E-state index in [1.54, 1.807) is 6.08 Å². The van der Waals surface area contributed by atoms with Gasteiger partial charge in [0, 0.05) is 6.42 Å². The molecule has 2 saturated heterocycles. The molecular formula is C77H127NO13. The Balaban J connectivity index is 1.66. The maximum absolute atomic E-state index is 13.3. The molecule has 0 aromatic heterocycles. The first-order chi connectivity index (χ1) is 44.6. The zero-order valence-corrected chi connectivity index (χ0v) is 56.3. The second-order valence-electron chi connectivity index (χ2n) is 24.3. The summed E-state index contributed by atoms with van der Waals surface area (Å²) < 4.78 is 22.8. The van der Waals surface area contributed by atoms with Crippen LogP contribution in [0.25, 0.3) is 0 Å². The van der Waals surface area contributed by atoms with Gasteiger partial charge < -0.3 is 65.1 Å². The van der Waals surface area contributed by atoms with Gasteiger partial charge >= 0.3 is 0 Å². The number of carbonyl (C=O) groups excluding carboxylic acids is 1. The van der Waals surface area contributed by atoms with E-state index in [-0.39, 0.29) is 18.9 Å². The zero-order valence-electron chi connectivity index (χ0n) is 56.3. The third-order valence-corrected chi connectivity index (χ3v) is 16.3. The highest BCUT2D eigenvalue weighted by Crippen LogP contribution is 2.30. The highest BCUT2D eigenvalue weighted by Gasteiger charge is 2.51. The number of aliphatic hydroxyl groups is 8. The predicted molar refractivity (Wildman–Crippen MR) is 373 cm³/mol. The fourth-order valence-corrected chi connectivity index (χ4v) is 10.6. The summed E-state index contributed by atoms with van der Waals surface area (Å²) in [5.41, 5.74) is 0. The largest absolute Gasteiger partial charge is 0.394 e. The molecule has 518 valence electrons. The number of allylic oxidation sites excluding steroid dienone is 23. The number of ether oxygens (including phenoxy) is 4. The van der Waals surface area contributed by atoms with Gasteiger partial charge in [0.15, 0.2) is 12.6 Å². The molecule has 0 aromatic carbocycles. The third kappa shape index (κ3) is 43.5. The number of amides is 1. The van der Waals surface area contributed by atoms with Crippen molar-refractivity contribution < 1.29 is 64.6 Å². The van der Waals surface area contributed by atoms with E-state index in [9.17, 15) is 45.6 Å². The Kier molecular flexibility index (Phi) is 54.3. The van der Waals surface area contributed by atoms with Gasteiger partial charge in [-0.15, -0.1) is 0 Å². The van der Waals surface area contributed by atoms with Crippen LogP contribution in [0.3, 0.4) is 0 Å². The first-order valence-electron chi connectivity index (χ1n) is 35.6. The van der Waals surface area contributed by atoms with Gasteiger partial charge in [-0.05, 0) is 109 Å². The molecule has 12 unspecified atom stereocenters. The molecule has 2 fully saturated rings. The molecular weight excluding hydrogens is 1150 g/mol. The summed E-state index contributed by atoms with van der Waals surface area (Å²) in [5.74, 6) is -0.263. The lowest BCUT2D eigenvalue weighted by atomic mass is 9.97. The molecule has 14 nitrogen and oxygen atoms in total. The third-order valence-electron chi connectivity index (χ3n) is 16.3. The van der Waals surface area contributed by atoms with Crippen LogP contribution in [0.4, 0.5) is 0 Å². The number of nitrogens with one attached hydrogen (secondary N) is 1. The van der Waals surface area contributed by atoms with Crippen molar-refractivity contribution in [3.8, 4) is 0 Å². The lowest BCUT2D eigenvalue weighted by Crippen LogP contribution is -2.65. The normalized spacial score (nSPS) is 23.7. The Morgan fingerprint density at radius 2 is 0.769 bits per heavy atom. The fourth-order valence-electron chi connectivity index (χ4n) is 10.6. The molecule has 12 atom stereocenters. The van der Waals surface area contributed by atoms with E-state index in [0.29, 0.717) is 12.8 Å². The molecule has 91 heavy (non-hydrogen) atoms. The van der Waals surface area contributed by atoms with Gasteiger partial charge in [0.1, 0.15) is 48.8 Å². The molecule has 2 aliphatic rings. The minimum absolute atomic E-state index is 0.254. The van der Waals surface area contributed by atoms with Crippen molar-refractivity contribution in [2.75, 3.05) is 19.8 Å². The van der Waals surface area contributed by atoms with Crippen molar-refractivity contribution in [2.45, 2.75) is 312 Å². The molecule has 0 spiro atoms. The number of carbonyl (C=O) groups is 1. The van der Waals surface area contributed by atoms with Crippen molar-refractivity contribution in [3.05, 3.63) is 146 Å². The van der Waals surface area contributed by atoms with Crippen LogP contribution >= 0.6 is 0 Å². The fraction of sp³-hybridized carbons (Fsp3) is 0.675. The molecule has 14 heteroatoms. The van der Waals surface area contributed by atoms with E-state index in [1.807, 2.05) is 6.08 Å². The highest BCUT2D eigenvalue weighted by atomic mass is 16.7. The van der Waals surface area contributed by atoms with E-state index in [2.05, 4.69) is 153 Å². The van der Waals surface area contributed by atoms with Gasteiger partial charge in [0.2, 0.25) is 5.91 Å². The highest BCUT2D eigenvalue weighted by molar-refractivity contribution is 5.76. The lowest BCUT2D eigenvalue weighted by Gasteiger charge is -2.46. The average molecular weight is 1270 g/mol. The molecule has 2 heterocycles. The van der Waals surface area contributed by atoms with E-state index in [1.165, 1.54) is 96.3 Å². The van der Waals surface area contributed by atoms with Crippen LogP contribution < -0.4 is 5.32 Å². The Morgan fingerprint density at radius 3 is 1.21 bits per heavy atom. The van der Waals surface area contributed by atoms with E-state index in [4.69, 9.17) is 18.9 Å². The summed E-state index contributed by atoms with van der Waals surface area (Å²) in [7, 11) is 0. The van der Waals surface area contributed by atoms with Gasteiger partial charge in [-0.3, -0.25) is 4.79 Å². The van der Waals surface area contributed by atoms with Gasteiger partial charge in [-0.2, -0.15) is 0 Å². The Hall–Kier alpha value is -4.13. The standard InChI is InChI=1S/C77H127NO13/c1-3-5-7-9-11-13-15-17-19-21-23-24-25-26-27-28-29-30-31-32-33-34-35-36-37-38-39-40-41-42-43-45-47-49-51-53-55-57-59-61-69(82)78-65(66(81)60-58-56-54-52-50-48-46-44-22-20-18-16-14-12-10-8-6-4-2)64-88-76-74(87)72(85)75(68(63-80)90-76)91-77-73(86)71(84)70(83)67(62-79)89-77/h5,7,11,13,17,19,23-24,26-27,29-30,32-33,35-36,38-39,41-42,50,52,58,60,65-68,70-77,79-81,83-87H,3-4,6,8-10,12,14-16,18,20-22,25,28,31,34,37,40,43-49,51,53-57,59,61-64H2,1-2H3,(H,78,82)/b7-5-,13-11-,19-17-,24-23-,27-26-,30-29-,33-32-,36-35-,39-38-,42-41-,52-50+,60-58+. The minimum atomic E-state index is -1.80. The predicted octanol–water partition coefficient (Wildman–Crippen LogP) is 14.8. The van der Waals surface area contributed by atoms with Crippen LogP contribution in [-0.4, -0.2) is 140 Å². The summed E-state index contributed by atoms with van der Waals surface area (Å²) in [6, 6.07) is -0.947. The number of hydrogen-bond donors (Lipinski definition) is 9. The van der Waals surface area contributed by atoms with Crippen LogP contribution in [0.15, 0.2) is 146 Å². The average Bonchev–Trinajstić information content (AvgIpc) is 1.19. The van der Waals surface area contributed by atoms with Gasteiger partial charge in [0.25, 0.3) is 0 Å². The van der Waals surface area contributed by atoms with Crippen LogP contribution in [0.5, 0.6) is 0 Å². The van der Waals surface area contributed by atoms with E-state index >= 15 is 0 Å². The molecule has 0 aliphatic carbocycles. The number of rotatable bonds is 56. The van der Waals surface area contributed by atoms with Crippen molar-refractivity contribution in [2.24, 2.45) is 0 Å². The zero-order chi connectivity index (χ0) is 65.9. The maximum Gasteiger partial charge on any atom is 0.220 e. The summed E-state index contributed by atoms with van der Waals surface area (Å²) in [6.07, 6.45) is 73.2. The number of hydrogen-bond acceptors (Lipinski definition) is 13. The molecule has 0 bridgehead atoms. The van der Waals surface area contributed by atoms with E-state index < -0.39 is 86.8 Å². The first kappa shape index (κ1) is 83.0. The summed E-state index contributed by atoms with van der Waals surface area (Å²) >= 11 is 0. The second-order valence-corrected chi connectivity index (χ2v) is 24.3. The lowest BCUT2D eigenvalue weighted by molar-refractivity contribution is -0.359.